The molecule has 3 heteroatoms. The fourth-order valence-electron chi connectivity index (χ4n) is 1.59. The van der Waals surface area contributed by atoms with Crippen LogP contribution in [0.15, 0.2) is 12.1 Å². The zero-order chi connectivity index (χ0) is 12.3. The van der Waals surface area contributed by atoms with Crippen molar-refractivity contribution >= 4 is 11.3 Å². The average Bonchev–Trinajstić information content (AvgIpc) is 2.49. The Labute approximate surface area is 103 Å². The number of hydrogen-bond acceptors (Lipinski definition) is 3. The average molecular weight is 241 g/mol. The van der Waals surface area contributed by atoms with Gasteiger partial charge in [-0.25, -0.2) is 0 Å². The molecule has 0 radical (unpaired) electrons. The van der Waals surface area contributed by atoms with Crippen LogP contribution in [0.3, 0.4) is 0 Å². The van der Waals surface area contributed by atoms with Crippen molar-refractivity contribution in [3.8, 4) is 0 Å². The molecule has 0 amide bonds. The minimum Gasteiger partial charge on any atom is -0.389 e. The summed E-state index contributed by atoms with van der Waals surface area (Å²) in [5, 5.41) is 13.3. The molecule has 2 unspecified atom stereocenters. The van der Waals surface area contributed by atoms with Gasteiger partial charge in [0, 0.05) is 21.8 Å². The standard InChI is InChI=1S/C13H23NOS/c1-9(14-11(3)13(4,5)15)8-12-7-6-10(2)16-12/h6-7,9,11,14-15H,8H2,1-5H3. The van der Waals surface area contributed by atoms with Crippen LogP contribution in [0.5, 0.6) is 0 Å². The highest BCUT2D eigenvalue weighted by molar-refractivity contribution is 7.11. The van der Waals surface area contributed by atoms with Crippen LogP contribution >= 0.6 is 11.3 Å². The SMILES string of the molecule is Cc1ccc(CC(C)NC(C)C(C)(C)O)s1. The maximum atomic E-state index is 9.85. The molecular formula is C13H23NOS. The van der Waals surface area contributed by atoms with Gasteiger partial charge in [0.25, 0.3) is 0 Å². The van der Waals surface area contributed by atoms with Gasteiger partial charge in [-0.15, -0.1) is 11.3 Å². The molecule has 16 heavy (non-hydrogen) atoms. The normalized spacial score (nSPS) is 16.1. The quantitative estimate of drug-likeness (QED) is 0.831. The molecule has 2 nitrogen and oxygen atoms in total. The van der Waals surface area contributed by atoms with E-state index in [0.29, 0.717) is 6.04 Å². The van der Waals surface area contributed by atoms with E-state index in [4.69, 9.17) is 0 Å². The molecule has 0 aliphatic rings. The summed E-state index contributed by atoms with van der Waals surface area (Å²) in [6.07, 6.45) is 1.03. The van der Waals surface area contributed by atoms with Gasteiger partial charge in [0.15, 0.2) is 0 Å². The number of rotatable bonds is 5. The second kappa shape index (κ2) is 5.30. The number of nitrogens with one attached hydrogen (secondary N) is 1. The second-order valence-corrected chi connectivity index (χ2v) is 6.53. The number of thiophene rings is 1. The summed E-state index contributed by atoms with van der Waals surface area (Å²) in [6.45, 7) is 10.00. The molecule has 0 saturated heterocycles. The molecule has 0 aromatic carbocycles. The van der Waals surface area contributed by atoms with Crippen LogP contribution in [0.1, 0.15) is 37.4 Å². The molecule has 0 bridgehead atoms. The van der Waals surface area contributed by atoms with Crippen molar-refractivity contribution in [3.63, 3.8) is 0 Å². The Morgan fingerprint density at radius 3 is 2.44 bits per heavy atom. The van der Waals surface area contributed by atoms with Crippen molar-refractivity contribution in [2.45, 2.75) is 58.7 Å². The summed E-state index contributed by atoms with van der Waals surface area (Å²) in [4.78, 5) is 2.76. The van der Waals surface area contributed by atoms with Gasteiger partial charge in [0.05, 0.1) is 5.60 Å². The first-order valence-electron chi connectivity index (χ1n) is 5.83. The third kappa shape index (κ3) is 4.24. The lowest BCUT2D eigenvalue weighted by Gasteiger charge is -2.29. The molecule has 2 N–H and O–H groups in total. The Balaban J connectivity index is 2.45. The van der Waals surface area contributed by atoms with E-state index < -0.39 is 5.60 Å². The molecule has 1 rings (SSSR count). The smallest absolute Gasteiger partial charge is 0.0741 e. The third-order valence-electron chi connectivity index (χ3n) is 2.90. The van der Waals surface area contributed by atoms with Crippen molar-refractivity contribution in [1.29, 1.82) is 0 Å². The number of aliphatic hydroxyl groups is 1. The predicted molar refractivity (Wildman–Crippen MR) is 71.1 cm³/mol. The fourth-order valence-corrected chi connectivity index (χ4v) is 2.61. The summed E-state index contributed by atoms with van der Waals surface area (Å²) >= 11 is 1.85. The second-order valence-electron chi connectivity index (χ2n) is 5.16. The molecule has 0 fully saturated rings. The van der Waals surface area contributed by atoms with Crippen molar-refractivity contribution in [2.24, 2.45) is 0 Å². The lowest BCUT2D eigenvalue weighted by Crippen LogP contribution is -2.48. The lowest BCUT2D eigenvalue weighted by atomic mass is 9.99. The van der Waals surface area contributed by atoms with Crippen LogP contribution in [0.2, 0.25) is 0 Å². The summed E-state index contributed by atoms with van der Waals surface area (Å²) in [5.41, 5.74) is -0.667. The van der Waals surface area contributed by atoms with E-state index in [2.05, 4.69) is 31.3 Å². The Morgan fingerprint density at radius 2 is 2.00 bits per heavy atom. The third-order valence-corrected chi connectivity index (χ3v) is 3.92. The predicted octanol–water partition coefficient (Wildman–Crippen LogP) is 2.74. The zero-order valence-electron chi connectivity index (χ0n) is 10.9. The van der Waals surface area contributed by atoms with Crippen LogP contribution in [-0.4, -0.2) is 22.8 Å². The molecule has 0 spiro atoms. The molecular weight excluding hydrogens is 218 g/mol. The molecule has 0 aliphatic carbocycles. The van der Waals surface area contributed by atoms with Crippen LogP contribution in [0.4, 0.5) is 0 Å². The van der Waals surface area contributed by atoms with Crippen LogP contribution < -0.4 is 5.32 Å². The van der Waals surface area contributed by atoms with Gasteiger partial charge >= 0.3 is 0 Å². The van der Waals surface area contributed by atoms with E-state index in [1.54, 1.807) is 0 Å². The molecule has 1 aromatic rings. The largest absolute Gasteiger partial charge is 0.389 e. The molecule has 0 aliphatic heterocycles. The summed E-state index contributed by atoms with van der Waals surface area (Å²) in [6, 6.07) is 4.84. The topological polar surface area (TPSA) is 32.3 Å². The fraction of sp³-hybridized carbons (Fsp3) is 0.692. The highest BCUT2D eigenvalue weighted by Crippen LogP contribution is 2.17. The Bertz CT molecular complexity index is 327. The number of hydrogen-bond donors (Lipinski definition) is 2. The lowest BCUT2D eigenvalue weighted by molar-refractivity contribution is 0.0406. The van der Waals surface area contributed by atoms with Crippen molar-refractivity contribution < 1.29 is 5.11 Å². The monoisotopic (exact) mass is 241 g/mol. The summed E-state index contributed by atoms with van der Waals surface area (Å²) in [5.74, 6) is 0. The van der Waals surface area contributed by atoms with Gasteiger partial charge in [0.1, 0.15) is 0 Å². The van der Waals surface area contributed by atoms with E-state index in [1.807, 2.05) is 32.1 Å². The Hall–Kier alpha value is -0.380. The van der Waals surface area contributed by atoms with Gasteiger partial charge in [0.2, 0.25) is 0 Å². The maximum Gasteiger partial charge on any atom is 0.0741 e. The van der Waals surface area contributed by atoms with E-state index in [1.165, 1.54) is 9.75 Å². The van der Waals surface area contributed by atoms with E-state index >= 15 is 0 Å². The summed E-state index contributed by atoms with van der Waals surface area (Å²) < 4.78 is 0. The van der Waals surface area contributed by atoms with Gasteiger partial charge in [-0.1, -0.05) is 0 Å². The van der Waals surface area contributed by atoms with Crippen molar-refractivity contribution in [3.05, 3.63) is 21.9 Å². The van der Waals surface area contributed by atoms with Gasteiger partial charge in [-0.2, -0.15) is 0 Å². The van der Waals surface area contributed by atoms with Crippen molar-refractivity contribution in [1.82, 2.24) is 5.32 Å². The van der Waals surface area contributed by atoms with E-state index in [-0.39, 0.29) is 6.04 Å². The number of aryl methyl sites for hydroxylation is 1. The first kappa shape index (κ1) is 13.7. The van der Waals surface area contributed by atoms with Gasteiger partial charge < -0.3 is 10.4 Å². The van der Waals surface area contributed by atoms with Crippen molar-refractivity contribution in [2.75, 3.05) is 0 Å². The molecule has 92 valence electrons. The minimum atomic E-state index is -0.667. The Kier molecular flexibility index (Phi) is 4.53. The van der Waals surface area contributed by atoms with Crippen LogP contribution in [0, 0.1) is 6.92 Å². The maximum absolute atomic E-state index is 9.85. The van der Waals surface area contributed by atoms with E-state index in [9.17, 15) is 5.11 Å². The highest BCUT2D eigenvalue weighted by atomic mass is 32.1. The first-order chi connectivity index (χ1) is 7.29. The molecule has 0 saturated carbocycles. The Morgan fingerprint density at radius 1 is 1.38 bits per heavy atom. The van der Waals surface area contributed by atoms with Gasteiger partial charge in [-0.05, 0) is 53.2 Å². The zero-order valence-corrected chi connectivity index (χ0v) is 11.7. The minimum absolute atomic E-state index is 0.101. The molecule has 1 heterocycles. The first-order valence-corrected chi connectivity index (χ1v) is 6.64. The molecule has 2 atom stereocenters. The van der Waals surface area contributed by atoms with E-state index in [0.717, 1.165) is 6.42 Å². The van der Waals surface area contributed by atoms with Crippen LogP contribution in [0.25, 0.3) is 0 Å². The highest BCUT2D eigenvalue weighted by Gasteiger charge is 2.23. The van der Waals surface area contributed by atoms with Crippen LogP contribution in [-0.2, 0) is 6.42 Å². The van der Waals surface area contributed by atoms with Gasteiger partial charge in [-0.3, -0.25) is 0 Å². The molecule has 1 aromatic heterocycles. The summed E-state index contributed by atoms with van der Waals surface area (Å²) in [7, 11) is 0.